The van der Waals surface area contributed by atoms with Crippen LogP contribution < -0.4 is 5.32 Å². The fourth-order valence-electron chi connectivity index (χ4n) is 1.20. The van der Waals surface area contributed by atoms with Crippen molar-refractivity contribution in [2.24, 2.45) is 5.41 Å². The van der Waals surface area contributed by atoms with Gasteiger partial charge in [0.15, 0.2) is 0 Å². The molecule has 3 heteroatoms. The fourth-order valence-corrected chi connectivity index (χ4v) is 1.79. The molecule has 0 bridgehead atoms. The Bertz CT molecular complexity index is 239. The molecule has 1 aliphatic rings. The van der Waals surface area contributed by atoms with Crippen LogP contribution in [-0.4, -0.2) is 11.5 Å². The third kappa shape index (κ3) is 2.05. The van der Waals surface area contributed by atoms with Gasteiger partial charge in [0.05, 0.1) is 0 Å². The van der Waals surface area contributed by atoms with Crippen LogP contribution in [0, 0.1) is 5.41 Å². The number of nitrogens with one attached hydrogen (secondary N) is 1. The lowest BCUT2D eigenvalue weighted by molar-refractivity contribution is 0.499. The lowest BCUT2D eigenvalue weighted by atomic mass is 10.1. The normalized spacial score (nSPS) is 19.4. The molecule has 0 aliphatic heterocycles. The van der Waals surface area contributed by atoms with Crippen LogP contribution in [0.2, 0.25) is 0 Å². The molecule has 1 aliphatic carbocycles. The largest absolute Gasteiger partial charge is 0.310 e. The van der Waals surface area contributed by atoms with Crippen LogP contribution in [0.15, 0.2) is 11.6 Å². The topological polar surface area (TPSA) is 24.9 Å². The monoisotopic (exact) mass is 182 g/mol. The highest BCUT2D eigenvalue weighted by Crippen LogP contribution is 2.44. The first-order valence-electron chi connectivity index (χ1n) is 4.38. The Hall–Kier alpha value is -0.410. The van der Waals surface area contributed by atoms with Crippen molar-refractivity contribution in [2.45, 2.75) is 26.3 Å². The first-order valence-corrected chi connectivity index (χ1v) is 5.26. The lowest BCUT2D eigenvalue weighted by Crippen LogP contribution is -2.21. The van der Waals surface area contributed by atoms with E-state index in [4.69, 9.17) is 0 Å². The molecule has 1 heterocycles. The van der Waals surface area contributed by atoms with Crippen molar-refractivity contribution in [3.05, 3.63) is 16.6 Å². The fraction of sp³-hybridized carbons (Fsp3) is 0.667. The van der Waals surface area contributed by atoms with Crippen molar-refractivity contribution >= 4 is 11.3 Å². The zero-order valence-electron chi connectivity index (χ0n) is 7.34. The Morgan fingerprint density at radius 1 is 1.67 bits per heavy atom. The van der Waals surface area contributed by atoms with E-state index in [2.05, 4.69) is 17.2 Å². The van der Waals surface area contributed by atoms with Gasteiger partial charge in [-0.3, -0.25) is 0 Å². The molecule has 1 saturated carbocycles. The zero-order valence-corrected chi connectivity index (χ0v) is 8.16. The molecule has 1 aromatic rings. The molecule has 0 spiro atoms. The quantitative estimate of drug-likeness (QED) is 0.770. The minimum Gasteiger partial charge on any atom is -0.310 e. The summed E-state index contributed by atoms with van der Waals surface area (Å²) in [5.41, 5.74) is 0.608. The minimum atomic E-state index is 0.608. The van der Waals surface area contributed by atoms with Gasteiger partial charge in [0.1, 0.15) is 5.01 Å². The summed E-state index contributed by atoms with van der Waals surface area (Å²) in [7, 11) is 0. The minimum absolute atomic E-state index is 0.608. The zero-order chi connectivity index (χ0) is 8.44. The van der Waals surface area contributed by atoms with Crippen molar-refractivity contribution < 1.29 is 0 Å². The summed E-state index contributed by atoms with van der Waals surface area (Å²) in [6.07, 6.45) is 4.64. The van der Waals surface area contributed by atoms with Crippen molar-refractivity contribution in [1.82, 2.24) is 10.3 Å². The summed E-state index contributed by atoms with van der Waals surface area (Å²) in [6, 6.07) is 0. The van der Waals surface area contributed by atoms with Gasteiger partial charge < -0.3 is 5.32 Å². The van der Waals surface area contributed by atoms with E-state index in [0.717, 1.165) is 13.1 Å². The third-order valence-corrected chi connectivity index (χ3v) is 3.19. The van der Waals surface area contributed by atoms with Gasteiger partial charge >= 0.3 is 0 Å². The molecule has 0 unspecified atom stereocenters. The standard InChI is InChI=1S/C9H14N2S/c1-9(2-3-9)7-10-6-8-11-4-5-12-8/h4-5,10H,2-3,6-7H2,1H3. The molecule has 1 fully saturated rings. The van der Waals surface area contributed by atoms with E-state index in [1.165, 1.54) is 17.8 Å². The molecule has 0 atom stereocenters. The second-order valence-corrected chi connectivity index (χ2v) is 4.82. The van der Waals surface area contributed by atoms with E-state index in [-0.39, 0.29) is 0 Å². The van der Waals surface area contributed by atoms with Crippen LogP contribution >= 0.6 is 11.3 Å². The molecule has 1 aromatic heterocycles. The van der Waals surface area contributed by atoms with Crippen LogP contribution in [0.5, 0.6) is 0 Å². The first-order chi connectivity index (χ1) is 5.79. The van der Waals surface area contributed by atoms with Gasteiger partial charge in [-0.25, -0.2) is 4.98 Å². The summed E-state index contributed by atoms with van der Waals surface area (Å²) >= 11 is 1.72. The second-order valence-electron chi connectivity index (χ2n) is 3.84. The van der Waals surface area contributed by atoms with Gasteiger partial charge in [-0.2, -0.15) is 0 Å². The van der Waals surface area contributed by atoms with Gasteiger partial charge in [-0.1, -0.05) is 6.92 Å². The summed E-state index contributed by atoms with van der Waals surface area (Å²) < 4.78 is 0. The van der Waals surface area contributed by atoms with E-state index in [9.17, 15) is 0 Å². The summed E-state index contributed by atoms with van der Waals surface area (Å²) in [6.45, 7) is 4.42. The summed E-state index contributed by atoms with van der Waals surface area (Å²) in [5.74, 6) is 0. The van der Waals surface area contributed by atoms with E-state index in [1.807, 2.05) is 11.6 Å². The van der Waals surface area contributed by atoms with Crippen molar-refractivity contribution in [2.75, 3.05) is 6.54 Å². The molecule has 1 N–H and O–H groups in total. The van der Waals surface area contributed by atoms with Gasteiger partial charge in [0, 0.05) is 24.7 Å². The van der Waals surface area contributed by atoms with Gasteiger partial charge in [-0.15, -0.1) is 11.3 Å². The van der Waals surface area contributed by atoms with Crippen LogP contribution in [-0.2, 0) is 6.54 Å². The third-order valence-electron chi connectivity index (χ3n) is 2.42. The Kier molecular flexibility index (Phi) is 2.15. The summed E-state index contributed by atoms with van der Waals surface area (Å²) in [4.78, 5) is 4.21. The smallest absolute Gasteiger partial charge is 0.106 e. The maximum atomic E-state index is 4.21. The molecule has 0 amide bonds. The predicted molar refractivity (Wildman–Crippen MR) is 51.2 cm³/mol. The highest BCUT2D eigenvalue weighted by atomic mass is 32.1. The Morgan fingerprint density at radius 2 is 2.50 bits per heavy atom. The SMILES string of the molecule is CC1(CNCc2nccs2)CC1. The maximum Gasteiger partial charge on any atom is 0.106 e. The number of nitrogens with zero attached hydrogens (tertiary/aromatic N) is 1. The number of rotatable bonds is 4. The van der Waals surface area contributed by atoms with Gasteiger partial charge in [0.25, 0.3) is 0 Å². The molecule has 0 radical (unpaired) electrons. The number of hydrogen-bond acceptors (Lipinski definition) is 3. The van der Waals surface area contributed by atoms with E-state index < -0.39 is 0 Å². The molecule has 2 rings (SSSR count). The first kappa shape index (κ1) is 8.20. The number of aromatic nitrogens is 1. The van der Waals surface area contributed by atoms with Crippen molar-refractivity contribution in [3.63, 3.8) is 0 Å². The van der Waals surface area contributed by atoms with Crippen molar-refractivity contribution in [1.29, 1.82) is 0 Å². The number of thiazole rings is 1. The lowest BCUT2D eigenvalue weighted by Gasteiger charge is -2.07. The summed E-state index contributed by atoms with van der Waals surface area (Å²) in [5, 5.41) is 6.66. The number of hydrogen-bond donors (Lipinski definition) is 1. The molecular weight excluding hydrogens is 168 g/mol. The van der Waals surface area contributed by atoms with Crippen LogP contribution in [0.3, 0.4) is 0 Å². The predicted octanol–water partition coefficient (Wildman–Crippen LogP) is 2.03. The maximum absolute atomic E-state index is 4.21. The van der Waals surface area contributed by atoms with Crippen LogP contribution in [0.25, 0.3) is 0 Å². The molecular formula is C9H14N2S. The molecule has 0 aromatic carbocycles. The Balaban J connectivity index is 1.69. The average Bonchev–Trinajstić information content (AvgIpc) is 2.61. The highest BCUT2D eigenvalue weighted by Gasteiger charge is 2.36. The van der Waals surface area contributed by atoms with E-state index >= 15 is 0 Å². The molecule has 12 heavy (non-hydrogen) atoms. The van der Waals surface area contributed by atoms with Gasteiger partial charge in [-0.05, 0) is 18.3 Å². The Morgan fingerprint density at radius 3 is 3.08 bits per heavy atom. The molecule has 66 valence electrons. The average molecular weight is 182 g/mol. The van der Waals surface area contributed by atoms with Gasteiger partial charge in [0.2, 0.25) is 0 Å². The van der Waals surface area contributed by atoms with Crippen molar-refractivity contribution in [3.8, 4) is 0 Å². The van der Waals surface area contributed by atoms with Crippen LogP contribution in [0.4, 0.5) is 0 Å². The second kappa shape index (κ2) is 3.15. The molecule has 0 saturated heterocycles. The van der Waals surface area contributed by atoms with Crippen LogP contribution in [0.1, 0.15) is 24.8 Å². The van der Waals surface area contributed by atoms with E-state index in [0.29, 0.717) is 5.41 Å². The Labute approximate surface area is 77.0 Å². The highest BCUT2D eigenvalue weighted by molar-refractivity contribution is 7.09. The molecule has 2 nitrogen and oxygen atoms in total. The van der Waals surface area contributed by atoms with E-state index in [1.54, 1.807) is 11.3 Å².